The number of aromatic amines is 1. The Labute approximate surface area is 461 Å². The van der Waals surface area contributed by atoms with Crippen LogP contribution in [0.5, 0.6) is 28.7 Å². The SMILES string of the molecule is COc1cc2c3c4[nH]cnc4c(C)cc3p(-c3ccccc3)c2cc1C.COc1cc2c3c4c(c(C)cc3p(-c3ccccc3)c2cc1C)OCO4.COc1cc2c3c4cccnc4c(C)cc3p(-c3ccccc3)c2cc1C. The van der Waals surface area contributed by atoms with Crippen molar-refractivity contribution >= 4 is 108 Å². The molecule has 0 fully saturated rings. The van der Waals surface area contributed by atoms with Crippen molar-refractivity contribution in [2.24, 2.45) is 0 Å². The van der Waals surface area contributed by atoms with E-state index < -0.39 is 22.6 Å². The number of nitrogens with one attached hydrogen (secondary N) is 1. The van der Waals surface area contributed by atoms with Crippen LogP contribution in [0.15, 0.2) is 170 Å². The highest BCUT2D eigenvalue weighted by atomic mass is 31.1. The lowest BCUT2D eigenvalue weighted by atomic mass is 10.0. The lowest BCUT2D eigenvalue weighted by Gasteiger charge is -2.07. The summed E-state index contributed by atoms with van der Waals surface area (Å²) < 4.78 is 28.5. The number of fused-ring (bicyclic) bond motifs is 15. The average Bonchev–Trinajstić information content (AvgIpc) is 4.32. The van der Waals surface area contributed by atoms with Gasteiger partial charge in [-0.25, -0.2) is 4.98 Å². The van der Waals surface area contributed by atoms with E-state index >= 15 is 0 Å². The van der Waals surface area contributed by atoms with Crippen molar-refractivity contribution in [1.82, 2.24) is 15.0 Å². The molecule has 1 aliphatic heterocycles. The van der Waals surface area contributed by atoms with E-state index in [9.17, 15) is 0 Å². The Balaban J connectivity index is 0.000000112. The largest absolute Gasteiger partial charge is 0.496 e. The van der Waals surface area contributed by atoms with Gasteiger partial charge in [0.2, 0.25) is 6.79 Å². The number of aryl methyl sites for hydroxylation is 6. The van der Waals surface area contributed by atoms with E-state index in [-0.39, 0.29) is 6.79 Å². The molecule has 0 radical (unpaired) electrons. The fraction of sp³-hybridized carbons (Fsp3) is 0.147. The second kappa shape index (κ2) is 20.2. The van der Waals surface area contributed by atoms with Crippen molar-refractivity contribution in [2.75, 3.05) is 28.1 Å². The van der Waals surface area contributed by atoms with Crippen molar-refractivity contribution in [3.05, 3.63) is 204 Å². The molecule has 0 aliphatic carbocycles. The van der Waals surface area contributed by atoms with E-state index in [2.05, 4.69) is 208 Å². The Morgan fingerprint density at radius 3 is 1.32 bits per heavy atom. The minimum atomic E-state index is -0.619. The molecule has 8 nitrogen and oxygen atoms in total. The van der Waals surface area contributed by atoms with Crippen molar-refractivity contribution < 1.29 is 23.7 Å². The highest BCUT2D eigenvalue weighted by molar-refractivity contribution is 7.68. The molecule has 0 bridgehead atoms. The normalized spacial score (nSPS) is 12.7. The molecule has 0 saturated carbocycles. The van der Waals surface area contributed by atoms with Crippen molar-refractivity contribution in [2.45, 2.75) is 41.5 Å². The van der Waals surface area contributed by atoms with E-state index in [0.717, 1.165) is 56.4 Å². The van der Waals surface area contributed by atoms with Gasteiger partial charge in [0, 0.05) is 69.2 Å². The number of nitrogens with zero attached hydrogens (tertiary/aromatic N) is 2. The number of benzene rings is 9. The number of pyridine rings is 1. The summed E-state index contributed by atoms with van der Waals surface area (Å²) in [5.74, 6) is 4.55. The summed E-state index contributed by atoms with van der Waals surface area (Å²) in [6, 6.07) is 57.2. The minimum Gasteiger partial charge on any atom is -0.496 e. The molecule has 15 rings (SSSR count). The van der Waals surface area contributed by atoms with Crippen LogP contribution in [0.3, 0.4) is 0 Å². The number of hydrogen-bond donors (Lipinski definition) is 1. The van der Waals surface area contributed by atoms with Crippen LogP contribution in [-0.4, -0.2) is 43.1 Å². The second-order valence-corrected chi connectivity index (χ2v) is 26.8. The zero-order chi connectivity index (χ0) is 54.2. The molecule has 79 heavy (non-hydrogen) atoms. The third-order valence-corrected chi connectivity index (χ3v) is 23.1. The molecule has 0 amide bonds. The van der Waals surface area contributed by atoms with Crippen molar-refractivity contribution in [3.8, 4) is 44.7 Å². The van der Waals surface area contributed by atoms with E-state index in [0.29, 0.717) is 0 Å². The Morgan fingerprint density at radius 2 is 0.810 bits per heavy atom. The lowest BCUT2D eigenvalue weighted by Crippen LogP contribution is -1.93. The Kier molecular flexibility index (Phi) is 12.9. The van der Waals surface area contributed by atoms with Gasteiger partial charge in [0.15, 0.2) is 11.5 Å². The van der Waals surface area contributed by atoms with E-state index in [1.54, 1.807) is 27.7 Å². The first-order valence-corrected chi connectivity index (χ1v) is 30.5. The van der Waals surface area contributed by atoms with Crippen molar-refractivity contribution in [1.29, 1.82) is 0 Å². The minimum absolute atomic E-state index is 0.286. The third kappa shape index (κ3) is 8.27. The van der Waals surface area contributed by atoms with Gasteiger partial charge in [-0.15, -0.1) is 0 Å². The summed E-state index contributed by atoms with van der Waals surface area (Å²) in [6.45, 7) is 13.1. The smallest absolute Gasteiger partial charge is 0.231 e. The first-order chi connectivity index (χ1) is 38.6. The van der Waals surface area contributed by atoms with Crippen LogP contribution >= 0.6 is 22.6 Å². The number of methoxy groups -OCH3 is 3. The number of H-pyrrole nitrogens is 1. The van der Waals surface area contributed by atoms with Gasteiger partial charge in [-0.1, -0.05) is 120 Å². The topological polar surface area (TPSA) is 87.7 Å². The monoisotopic (exact) mass is 1090 g/mol. The van der Waals surface area contributed by atoms with Crippen LogP contribution in [-0.2, 0) is 0 Å². The summed E-state index contributed by atoms with van der Waals surface area (Å²) in [4.78, 5) is 12.6. The summed E-state index contributed by atoms with van der Waals surface area (Å²) in [5.41, 5.74) is 10.4. The standard InChI is InChI=1S/C24H20NOP.C22H19N2OP.C22H19O3P/c1-15-12-21-19(14-20(15)26-3)23-18-10-7-11-25-24(18)16(2)13-22(23)27(21)17-8-5-4-6-9-17;1-13-9-18-16(11-17(13)25-3)20-19(26(18)15-7-5-4-6-8-15)10-14(2)21-22(20)24-12-23-21;1-13-9-18-16(11-17(13)23-3)20-19(26(18)15-7-5-4-6-8-15)10-14(2)21-22(20)25-12-24-21/h4-14H,1-3H3;4-12H,1-3H3,(H,23,24);4-11H,12H2,1-3H3. The summed E-state index contributed by atoms with van der Waals surface area (Å²) >= 11 is 0. The molecular formula is C68H58N3O5P3. The van der Waals surface area contributed by atoms with Gasteiger partial charge in [-0.2, -0.15) is 0 Å². The Hall–Kier alpha value is -8.24. The Bertz CT molecular complexity index is 4710. The number of hydrogen-bond acceptors (Lipinski definition) is 7. The predicted octanol–water partition coefficient (Wildman–Crippen LogP) is 19.9. The van der Waals surface area contributed by atoms with Crippen molar-refractivity contribution in [3.63, 3.8) is 0 Å². The van der Waals surface area contributed by atoms with Gasteiger partial charge in [0.1, 0.15) is 17.2 Å². The number of imidazole rings is 1. The van der Waals surface area contributed by atoms with E-state index in [4.69, 9.17) is 23.7 Å². The average molecular weight is 1090 g/mol. The van der Waals surface area contributed by atoms with Gasteiger partial charge in [0.05, 0.1) is 44.2 Å². The van der Waals surface area contributed by atoms with Gasteiger partial charge in [-0.05, 0) is 157 Å². The maximum absolute atomic E-state index is 5.91. The molecule has 11 heteroatoms. The summed E-state index contributed by atoms with van der Waals surface area (Å²) in [7, 11) is 3.44. The molecule has 0 spiro atoms. The van der Waals surface area contributed by atoms with Crippen LogP contribution in [0.1, 0.15) is 33.4 Å². The molecule has 1 aliphatic rings. The number of aromatic nitrogens is 3. The number of rotatable bonds is 6. The fourth-order valence-corrected chi connectivity index (χ4v) is 20.4. The second-order valence-electron chi connectivity index (χ2n) is 20.4. The van der Waals surface area contributed by atoms with Crippen LogP contribution in [0.25, 0.3) is 101 Å². The molecule has 6 heterocycles. The molecular weight excluding hydrogens is 1030 g/mol. The van der Waals surface area contributed by atoms with Gasteiger partial charge in [0.25, 0.3) is 0 Å². The number of ether oxygens (including phenoxy) is 5. The molecule has 14 aromatic rings. The van der Waals surface area contributed by atoms with Crippen LogP contribution in [0, 0.1) is 41.5 Å². The quantitative estimate of drug-likeness (QED) is 0.177. The predicted molar refractivity (Wildman–Crippen MR) is 336 cm³/mol. The molecule has 0 saturated heterocycles. The highest BCUT2D eigenvalue weighted by Crippen LogP contribution is 2.62. The zero-order valence-electron chi connectivity index (χ0n) is 45.7. The third-order valence-electron chi connectivity index (χ3n) is 15.6. The van der Waals surface area contributed by atoms with E-state index in [1.807, 2.05) is 12.3 Å². The lowest BCUT2D eigenvalue weighted by molar-refractivity contribution is 0.174. The van der Waals surface area contributed by atoms with E-state index in [1.165, 1.54) is 107 Å². The molecule has 5 aromatic heterocycles. The summed E-state index contributed by atoms with van der Waals surface area (Å²) in [5, 5.41) is 21.3. The fourth-order valence-electron chi connectivity index (χ4n) is 12.0. The van der Waals surface area contributed by atoms with Crippen LogP contribution in [0.2, 0.25) is 0 Å². The molecule has 390 valence electrons. The zero-order valence-corrected chi connectivity index (χ0v) is 48.3. The summed E-state index contributed by atoms with van der Waals surface area (Å²) in [6.07, 6.45) is 3.68. The van der Waals surface area contributed by atoms with Gasteiger partial charge in [-0.3, -0.25) is 4.98 Å². The molecule has 3 atom stereocenters. The van der Waals surface area contributed by atoms with Crippen LogP contribution < -0.4 is 23.7 Å². The molecule has 3 unspecified atom stereocenters. The Morgan fingerprint density at radius 1 is 0.392 bits per heavy atom. The maximum Gasteiger partial charge on any atom is 0.231 e. The van der Waals surface area contributed by atoms with Crippen LogP contribution in [0.4, 0.5) is 0 Å². The molecule has 1 N–H and O–H groups in total. The first kappa shape index (κ1) is 50.3. The maximum atomic E-state index is 5.91. The first-order valence-electron chi connectivity index (χ1n) is 26.5. The van der Waals surface area contributed by atoms with Gasteiger partial charge < -0.3 is 28.7 Å². The highest BCUT2D eigenvalue weighted by Gasteiger charge is 2.27. The van der Waals surface area contributed by atoms with Gasteiger partial charge >= 0.3 is 0 Å². The molecule has 9 aromatic carbocycles.